The number of rotatable bonds is 4. The van der Waals surface area contributed by atoms with E-state index in [2.05, 4.69) is 15.3 Å². The molecule has 0 atom stereocenters. The van der Waals surface area contributed by atoms with E-state index in [1.165, 1.54) is 9.13 Å². The maximum atomic E-state index is 12.3. The molecule has 0 aliphatic heterocycles. The number of hydrogen-bond acceptors (Lipinski definition) is 4. The van der Waals surface area contributed by atoms with Gasteiger partial charge in [0.15, 0.2) is 0 Å². The van der Waals surface area contributed by atoms with Crippen LogP contribution in [0.15, 0.2) is 41.5 Å². The van der Waals surface area contributed by atoms with Crippen molar-refractivity contribution >= 4 is 22.6 Å². The number of carbonyl (C=O) groups is 1. The molecular formula is C17H17N5O2. The van der Waals surface area contributed by atoms with Crippen LogP contribution in [0.25, 0.3) is 11.0 Å². The lowest BCUT2D eigenvalue weighted by Gasteiger charge is -2.06. The van der Waals surface area contributed by atoms with E-state index in [0.717, 1.165) is 29.7 Å². The van der Waals surface area contributed by atoms with Gasteiger partial charge in [0.05, 0.1) is 29.1 Å². The highest BCUT2D eigenvalue weighted by molar-refractivity contribution is 5.91. The van der Waals surface area contributed by atoms with Crippen molar-refractivity contribution < 1.29 is 4.79 Å². The number of hydrogen-bond donors (Lipinski definition) is 1. The Kier molecular flexibility index (Phi) is 3.41. The van der Waals surface area contributed by atoms with Crippen LogP contribution in [0, 0.1) is 0 Å². The van der Waals surface area contributed by atoms with Crippen LogP contribution < -0.4 is 11.0 Å². The Hall–Kier alpha value is -2.96. The third-order valence-electron chi connectivity index (χ3n) is 4.25. The number of anilines is 1. The number of amides is 1. The average Bonchev–Trinajstić information content (AvgIpc) is 3.41. The summed E-state index contributed by atoms with van der Waals surface area (Å²) in [6.07, 6.45) is 5.50. The third kappa shape index (κ3) is 2.58. The Morgan fingerprint density at radius 1 is 1.21 bits per heavy atom. The summed E-state index contributed by atoms with van der Waals surface area (Å²) in [5, 5.41) is 2.75. The minimum absolute atomic E-state index is 0.0510. The average molecular weight is 323 g/mol. The van der Waals surface area contributed by atoms with Gasteiger partial charge in [-0.3, -0.25) is 13.9 Å². The van der Waals surface area contributed by atoms with Crippen molar-refractivity contribution in [2.45, 2.75) is 25.3 Å². The van der Waals surface area contributed by atoms with Gasteiger partial charge in [-0.05, 0) is 25.0 Å². The van der Waals surface area contributed by atoms with Crippen molar-refractivity contribution in [2.75, 3.05) is 5.32 Å². The fourth-order valence-electron chi connectivity index (χ4n) is 2.82. The lowest BCUT2D eigenvalue weighted by Crippen LogP contribution is -2.28. The van der Waals surface area contributed by atoms with Gasteiger partial charge in [0.1, 0.15) is 12.4 Å². The molecule has 24 heavy (non-hydrogen) atoms. The summed E-state index contributed by atoms with van der Waals surface area (Å²) in [4.78, 5) is 33.2. The van der Waals surface area contributed by atoms with Crippen molar-refractivity contribution in [3.8, 4) is 0 Å². The minimum atomic E-state index is -0.281. The molecule has 1 saturated carbocycles. The monoisotopic (exact) mass is 323 g/mol. The summed E-state index contributed by atoms with van der Waals surface area (Å²) >= 11 is 0. The Morgan fingerprint density at radius 3 is 2.54 bits per heavy atom. The normalized spacial score (nSPS) is 14.0. The number of nitrogens with zero attached hydrogens (tertiary/aromatic N) is 4. The van der Waals surface area contributed by atoms with E-state index < -0.39 is 0 Å². The van der Waals surface area contributed by atoms with E-state index in [-0.39, 0.29) is 18.1 Å². The van der Waals surface area contributed by atoms with Crippen molar-refractivity contribution in [3.05, 3.63) is 53.0 Å². The Labute approximate surface area is 138 Å². The quantitative estimate of drug-likeness (QED) is 0.791. The number of imidazole rings is 1. The molecule has 7 heteroatoms. The van der Waals surface area contributed by atoms with Crippen LogP contribution in [0.4, 0.5) is 5.69 Å². The maximum Gasteiger partial charge on any atom is 0.329 e. The van der Waals surface area contributed by atoms with Crippen LogP contribution in [-0.2, 0) is 18.4 Å². The van der Waals surface area contributed by atoms with Gasteiger partial charge in [-0.25, -0.2) is 14.8 Å². The van der Waals surface area contributed by atoms with Crippen LogP contribution in [0.5, 0.6) is 0 Å². The molecule has 0 spiro atoms. The molecule has 7 nitrogen and oxygen atoms in total. The topological polar surface area (TPSA) is 81.8 Å². The van der Waals surface area contributed by atoms with E-state index in [4.69, 9.17) is 0 Å². The lowest BCUT2D eigenvalue weighted by atomic mass is 10.3. The second-order valence-corrected chi connectivity index (χ2v) is 6.07. The Balaban J connectivity index is 1.54. The molecule has 0 bridgehead atoms. The Morgan fingerprint density at radius 2 is 1.88 bits per heavy atom. The van der Waals surface area contributed by atoms with Gasteiger partial charge >= 0.3 is 5.69 Å². The number of aromatic nitrogens is 4. The minimum Gasteiger partial charge on any atom is -0.322 e. The van der Waals surface area contributed by atoms with Crippen molar-refractivity contribution in [1.82, 2.24) is 19.1 Å². The van der Waals surface area contributed by atoms with Gasteiger partial charge in [-0.1, -0.05) is 12.1 Å². The van der Waals surface area contributed by atoms with Crippen LogP contribution in [-0.4, -0.2) is 25.0 Å². The van der Waals surface area contributed by atoms with Crippen LogP contribution in [0.1, 0.15) is 24.6 Å². The summed E-state index contributed by atoms with van der Waals surface area (Å²) in [6.45, 7) is -0.0510. The second-order valence-electron chi connectivity index (χ2n) is 6.07. The molecule has 0 radical (unpaired) electrons. The fraction of sp³-hybridized carbons (Fsp3) is 0.294. The molecule has 0 unspecified atom stereocenters. The van der Waals surface area contributed by atoms with Gasteiger partial charge in [-0.2, -0.15) is 0 Å². The van der Waals surface area contributed by atoms with Crippen LogP contribution >= 0.6 is 0 Å². The third-order valence-corrected chi connectivity index (χ3v) is 4.25. The van der Waals surface area contributed by atoms with Gasteiger partial charge in [0.25, 0.3) is 0 Å². The first kappa shape index (κ1) is 14.6. The standard InChI is InChI=1S/C17H17N5O2/c1-21-13-4-2-3-5-14(13)22(17(21)24)10-15(23)20-12-8-18-16(19-9-12)11-6-7-11/h2-5,8-9,11H,6-7,10H2,1H3,(H,20,23). The highest BCUT2D eigenvalue weighted by Gasteiger charge is 2.26. The number of aryl methyl sites for hydroxylation is 1. The molecule has 1 aromatic carbocycles. The fourth-order valence-corrected chi connectivity index (χ4v) is 2.82. The van der Waals surface area contributed by atoms with E-state index in [9.17, 15) is 9.59 Å². The van der Waals surface area contributed by atoms with Crippen molar-refractivity contribution in [3.63, 3.8) is 0 Å². The summed E-state index contributed by atoms with van der Waals surface area (Å²) in [5.41, 5.74) is 1.86. The zero-order valence-corrected chi connectivity index (χ0v) is 13.3. The molecule has 3 aromatic rings. The molecule has 1 aliphatic rings. The molecule has 122 valence electrons. The van der Waals surface area contributed by atoms with E-state index in [1.807, 2.05) is 24.3 Å². The highest BCUT2D eigenvalue weighted by atomic mass is 16.2. The molecule has 2 heterocycles. The largest absolute Gasteiger partial charge is 0.329 e. The summed E-state index contributed by atoms with van der Waals surface area (Å²) < 4.78 is 3.00. The summed E-state index contributed by atoms with van der Waals surface area (Å²) in [7, 11) is 1.70. The predicted octanol–water partition coefficient (Wildman–Crippen LogP) is 1.65. The Bertz CT molecular complexity index is 967. The van der Waals surface area contributed by atoms with Crippen molar-refractivity contribution in [1.29, 1.82) is 0 Å². The molecular weight excluding hydrogens is 306 g/mol. The van der Waals surface area contributed by atoms with Crippen LogP contribution in [0.2, 0.25) is 0 Å². The highest BCUT2D eigenvalue weighted by Crippen LogP contribution is 2.37. The van der Waals surface area contributed by atoms with Gasteiger partial charge < -0.3 is 5.32 Å². The molecule has 1 N–H and O–H groups in total. The van der Waals surface area contributed by atoms with Gasteiger partial charge in [0, 0.05) is 13.0 Å². The molecule has 2 aromatic heterocycles. The number of nitrogens with one attached hydrogen (secondary N) is 1. The first-order valence-electron chi connectivity index (χ1n) is 7.89. The zero-order valence-electron chi connectivity index (χ0n) is 13.3. The predicted molar refractivity (Wildman–Crippen MR) is 89.8 cm³/mol. The smallest absolute Gasteiger partial charge is 0.322 e. The van der Waals surface area contributed by atoms with Gasteiger partial charge in [-0.15, -0.1) is 0 Å². The summed E-state index contributed by atoms with van der Waals surface area (Å²) in [5.74, 6) is 1.03. The SMILES string of the molecule is Cn1c(=O)n(CC(=O)Nc2cnc(C3CC3)nc2)c2ccccc21. The van der Waals surface area contributed by atoms with Crippen molar-refractivity contribution in [2.24, 2.45) is 7.05 Å². The molecule has 0 saturated heterocycles. The van der Waals surface area contributed by atoms with E-state index >= 15 is 0 Å². The summed E-state index contributed by atoms with van der Waals surface area (Å²) in [6, 6.07) is 7.40. The van der Waals surface area contributed by atoms with Crippen LogP contribution in [0.3, 0.4) is 0 Å². The molecule has 1 amide bonds. The molecule has 4 rings (SSSR count). The number of fused-ring (bicyclic) bond motifs is 1. The first-order chi connectivity index (χ1) is 11.6. The lowest BCUT2D eigenvalue weighted by molar-refractivity contribution is -0.116. The van der Waals surface area contributed by atoms with E-state index in [0.29, 0.717) is 11.6 Å². The van der Waals surface area contributed by atoms with Gasteiger partial charge in [0.2, 0.25) is 5.91 Å². The molecule has 1 fully saturated rings. The number of para-hydroxylation sites is 2. The maximum absolute atomic E-state index is 12.3. The molecule has 1 aliphatic carbocycles. The zero-order chi connectivity index (χ0) is 16.7. The first-order valence-corrected chi connectivity index (χ1v) is 7.89. The van der Waals surface area contributed by atoms with E-state index in [1.54, 1.807) is 19.4 Å². The second kappa shape index (κ2) is 5.59. The number of benzene rings is 1. The number of carbonyl (C=O) groups excluding carboxylic acids is 1.